The second-order valence-corrected chi connectivity index (χ2v) is 7.61. The predicted octanol–water partition coefficient (Wildman–Crippen LogP) is 2.50. The quantitative estimate of drug-likeness (QED) is 0.847. The summed E-state index contributed by atoms with van der Waals surface area (Å²) in [5.41, 5.74) is 0. The summed E-state index contributed by atoms with van der Waals surface area (Å²) in [7, 11) is 0. The summed E-state index contributed by atoms with van der Waals surface area (Å²) >= 11 is 0. The minimum absolute atomic E-state index is 0.00239. The van der Waals surface area contributed by atoms with Crippen LogP contribution in [0.4, 0.5) is 13.2 Å². The van der Waals surface area contributed by atoms with Crippen molar-refractivity contribution in [3.63, 3.8) is 0 Å². The third kappa shape index (κ3) is 5.62. The van der Waals surface area contributed by atoms with E-state index in [2.05, 4.69) is 19.2 Å². The molecule has 2 aliphatic rings. The van der Waals surface area contributed by atoms with Gasteiger partial charge in [0.2, 0.25) is 5.91 Å². The maximum absolute atomic E-state index is 12.5. The number of piperazine rings is 1. The summed E-state index contributed by atoms with van der Waals surface area (Å²) < 4.78 is 37.6. The van der Waals surface area contributed by atoms with E-state index in [1.54, 1.807) is 6.92 Å². The molecule has 4 atom stereocenters. The molecule has 0 aromatic heterocycles. The Morgan fingerprint density at radius 3 is 2.50 bits per heavy atom. The Labute approximate surface area is 142 Å². The molecular formula is C17H30F3N3O. The van der Waals surface area contributed by atoms with Crippen LogP contribution >= 0.6 is 0 Å². The van der Waals surface area contributed by atoms with Crippen molar-refractivity contribution < 1.29 is 18.0 Å². The number of nitrogens with one attached hydrogen (secondary N) is 1. The van der Waals surface area contributed by atoms with Crippen LogP contribution in [-0.2, 0) is 4.79 Å². The average Bonchev–Trinajstić information content (AvgIpc) is 2.45. The van der Waals surface area contributed by atoms with Crippen molar-refractivity contribution in [2.24, 2.45) is 11.8 Å². The van der Waals surface area contributed by atoms with Crippen LogP contribution in [0.15, 0.2) is 0 Å². The van der Waals surface area contributed by atoms with Gasteiger partial charge in [-0.25, -0.2) is 0 Å². The summed E-state index contributed by atoms with van der Waals surface area (Å²) in [4.78, 5) is 15.7. The molecular weight excluding hydrogens is 319 g/mol. The fourth-order valence-corrected chi connectivity index (χ4v) is 3.92. The van der Waals surface area contributed by atoms with Gasteiger partial charge in [-0.2, -0.15) is 13.2 Å². The number of alkyl halides is 3. The number of nitrogens with zero attached hydrogens (tertiary/aromatic N) is 2. The van der Waals surface area contributed by atoms with Crippen molar-refractivity contribution in [3.8, 4) is 0 Å². The van der Waals surface area contributed by atoms with Crippen LogP contribution in [0, 0.1) is 11.8 Å². The summed E-state index contributed by atoms with van der Waals surface area (Å²) in [6, 6.07) is 0.0343. The van der Waals surface area contributed by atoms with Crippen molar-refractivity contribution >= 4 is 5.91 Å². The maximum Gasteiger partial charge on any atom is 0.401 e. The van der Waals surface area contributed by atoms with E-state index in [0.717, 1.165) is 12.8 Å². The number of amides is 1. The van der Waals surface area contributed by atoms with E-state index in [9.17, 15) is 18.0 Å². The highest BCUT2D eigenvalue weighted by Gasteiger charge is 2.35. The Bertz CT molecular complexity index is 430. The van der Waals surface area contributed by atoms with Gasteiger partial charge < -0.3 is 5.32 Å². The Kier molecular flexibility index (Phi) is 6.53. The van der Waals surface area contributed by atoms with Gasteiger partial charge in [-0.3, -0.25) is 14.6 Å². The van der Waals surface area contributed by atoms with E-state index in [1.807, 2.05) is 4.90 Å². The second-order valence-electron chi connectivity index (χ2n) is 7.61. The number of carbonyl (C=O) groups is 1. The fourth-order valence-electron chi connectivity index (χ4n) is 3.92. The first-order chi connectivity index (χ1) is 11.2. The highest BCUT2D eigenvalue weighted by molar-refractivity contribution is 5.78. The zero-order chi connectivity index (χ0) is 17.9. The third-order valence-electron chi connectivity index (χ3n) is 5.65. The van der Waals surface area contributed by atoms with Crippen molar-refractivity contribution in [1.82, 2.24) is 15.1 Å². The third-order valence-corrected chi connectivity index (χ3v) is 5.65. The van der Waals surface area contributed by atoms with E-state index in [0.29, 0.717) is 31.5 Å². The van der Waals surface area contributed by atoms with E-state index in [1.165, 1.54) is 11.3 Å². The molecule has 1 aliphatic heterocycles. The monoisotopic (exact) mass is 349 g/mol. The van der Waals surface area contributed by atoms with Crippen LogP contribution in [0.1, 0.15) is 40.0 Å². The predicted molar refractivity (Wildman–Crippen MR) is 87.6 cm³/mol. The van der Waals surface area contributed by atoms with Crippen LogP contribution in [0.25, 0.3) is 0 Å². The molecule has 4 nitrogen and oxygen atoms in total. The average molecular weight is 349 g/mol. The Morgan fingerprint density at radius 2 is 1.88 bits per heavy atom. The molecule has 2 rings (SSSR count). The van der Waals surface area contributed by atoms with Gasteiger partial charge in [0.05, 0.1) is 13.1 Å². The SMILES string of the molecule is C[C@H]1[C@H](C)CCC[C@@H]1NC(=O)CN1CCN(CC(F)(F)F)[C@@H](C)C1. The summed E-state index contributed by atoms with van der Waals surface area (Å²) in [5.74, 6) is 1.10. The maximum atomic E-state index is 12.5. The lowest BCUT2D eigenvalue weighted by atomic mass is 9.78. The standard InChI is InChI=1S/C17H30F3N3O/c1-12-5-4-6-15(14(12)3)21-16(24)10-22-7-8-23(13(2)9-22)11-17(18,19)20/h12-15H,4-11H2,1-3H3,(H,21,24)/t12-,13+,14+,15+/m1/s1. The molecule has 140 valence electrons. The first kappa shape index (κ1) is 19.5. The van der Waals surface area contributed by atoms with Crippen LogP contribution in [0.3, 0.4) is 0 Å². The molecule has 1 saturated heterocycles. The Morgan fingerprint density at radius 1 is 1.17 bits per heavy atom. The van der Waals surface area contributed by atoms with Gasteiger partial charge in [0.15, 0.2) is 0 Å². The molecule has 1 N–H and O–H groups in total. The molecule has 24 heavy (non-hydrogen) atoms. The highest BCUT2D eigenvalue weighted by Crippen LogP contribution is 2.29. The molecule has 0 radical (unpaired) electrons. The normalized spacial score (nSPS) is 33.4. The summed E-state index contributed by atoms with van der Waals surface area (Å²) in [6.07, 6.45) is -0.787. The lowest BCUT2D eigenvalue weighted by Crippen LogP contribution is -2.56. The van der Waals surface area contributed by atoms with Gasteiger partial charge in [0.25, 0.3) is 0 Å². The van der Waals surface area contributed by atoms with Gasteiger partial charge in [-0.15, -0.1) is 0 Å². The highest BCUT2D eigenvalue weighted by atomic mass is 19.4. The fraction of sp³-hybridized carbons (Fsp3) is 0.941. The van der Waals surface area contributed by atoms with Gasteiger partial charge in [0.1, 0.15) is 0 Å². The van der Waals surface area contributed by atoms with Gasteiger partial charge in [-0.05, 0) is 25.2 Å². The molecule has 0 bridgehead atoms. The number of hydrogen-bond donors (Lipinski definition) is 1. The molecule has 0 spiro atoms. The topological polar surface area (TPSA) is 35.6 Å². The van der Waals surface area contributed by atoms with E-state index in [-0.39, 0.29) is 24.5 Å². The van der Waals surface area contributed by atoms with Crippen LogP contribution in [-0.4, -0.2) is 66.7 Å². The molecule has 2 fully saturated rings. The zero-order valence-electron chi connectivity index (χ0n) is 14.9. The number of rotatable bonds is 4. The largest absolute Gasteiger partial charge is 0.401 e. The van der Waals surface area contributed by atoms with Crippen molar-refractivity contribution in [2.45, 2.75) is 58.3 Å². The lowest BCUT2D eigenvalue weighted by Gasteiger charge is -2.40. The Balaban J connectivity index is 1.77. The molecule has 0 aromatic carbocycles. The number of hydrogen-bond acceptors (Lipinski definition) is 3. The molecule has 0 aromatic rings. The molecule has 1 heterocycles. The van der Waals surface area contributed by atoms with Crippen molar-refractivity contribution in [3.05, 3.63) is 0 Å². The molecule has 0 unspecified atom stereocenters. The molecule has 7 heteroatoms. The van der Waals surface area contributed by atoms with Crippen molar-refractivity contribution in [2.75, 3.05) is 32.7 Å². The van der Waals surface area contributed by atoms with Gasteiger partial charge in [-0.1, -0.05) is 26.7 Å². The lowest BCUT2D eigenvalue weighted by molar-refractivity contribution is -0.155. The van der Waals surface area contributed by atoms with E-state index < -0.39 is 12.7 Å². The molecule has 1 saturated carbocycles. The van der Waals surface area contributed by atoms with Crippen LogP contribution in [0.5, 0.6) is 0 Å². The first-order valence-electron chi connectivity index (χ1n) is 8.98. The minimum Gasteiger partial charge on any atom is -0.352 e. The minimum atomic E-state index is -4.17. The molecule has 1 amide bonds. The smallest absolute Gasteiger partial charge is 0.352 e. The second kappa shape index (κ2) is 8.04. The summed E-state index contributed by atoms with van der Waals surface area (Å²) in [5, 5.41) is 3.14. The summed E-state index contributed by atoms with van der Waals surface area (Å²) in [6.45, 7) is 6.97. The Hall–Kier alpha value is -0.820. The van der Waals surface area contributed by atoms with Gasteiger partial charge >= 0.3 is 6.18 Å². The number of halogens is 3. The van der Waals surface area contributed by atoms with E-state index in [4.69, 9.17) is 0 Å². The molecule has 1 aliphatic carbocycles. The van der Waals surface area contributed by atoms with E-state index >= 15 is 0 Å². The van der Waals surface area contributed by atoms with Crippen LogP contribution in [0.2, 0.25) is 0 Å². The van der Waals surface area contributed by atoms with Crippen LogP contribution < -0.4 is 5.32 Å². The first-order valence-corrected chi connectivity index (χ1v) is 8.98. The number of carbonyl (C=O) groups excluding carboxylic acids is 1. The van der Waals surface area contributed by atoms with Gasteiger partial charge in [0, 0.05) is 31.7 Å². The zero-order valence-corrected chi connectivity index (χ0v) is 14.9. The van der Waals surface area contributed by atoms with Crippen molar-refractivity contribution in [1.29, 1.82) is 0 Å².